The highest BCUT2D eigenvalue weighted by Crippen LogP contribution is 2.39. The molecule has 3 N–H and O–H groups in total. The normalized spacial score (nSPS) is 10.4. The van der Waals surface area contributed by atoms with E-state index in [1.165, 1.54) is 24.3 Å². The number of aromatic carboxylic acids is 1. The van der Waals surface area contributed by atoms with Crippen LogP contribution in [0.3, 0.4) is 0 Å². The molecule has 19 heavy (non-hydrogen) atoms. The maximum Gasteiger partial charge on any atom is 0.348 e. The van der Waals surface area contributed by atoms with Crippen LogP contribution in [-0.4, -0.2) is 16.0 Å². The van der Waals surface area contributed by atoms with Gasteiger partial charge in [0.15, 0.2) is 0 Å². The van der Waals surface area contributed by atoms with Gasteiger partial charge < -0.3 is 10.8 Å². The van der Waals surface area contributed by atoms with Crippen LogP contribution < -0.4 is 5.73 Å². The molecule has 0 fully saturated rings. The molecule has 6 nitrogen and oxygen atoms in total. The molecule has 0 unspecified atom stereocenters. The van der Waals surface area contributed by atoms with E-state index in [1.807, 2.05) is 0 Å². The van der Waals surface area contributed by atoms with E-state index in [9.17, 15) is 14.9 Å². The van der Waals surface area contributed by atoms with E-state index in [4.69, 9.17) is 22.4 Å². The van der Waals surface area contributed by atoms with Crippen molar-refractivity contribution in [1.82, 2.24) is 0 Å². The first-order valence-electron chi connectivity index (χ1n) is 4.97. The number of nitrogen functional groups attached to an aromatic ring is 1. The number of nitrogens with two attached hydrogens (primary N) is 1. The Morgan fingerprint density at radius 2 is 2.11 bits per heavy atom. The summed E-state index contributed by atoms with van der Waals surface area (Å²) in [5.41, 5.74) is 5.75. The minimum Gasteiger partial charge on any atom is -0.477 e. The zero-order chi connectivity index (χ0) is 14.2. The van der Waals surface area contributed by atoms with Gasteiger partial charge in [-0.25, -0.2) is 4.79 Å². The molecule has 0 aliphatic rings. The minimum absolute atomic E-state index is 0.0424. The molecule has 8 heteroatoms. The molecule has 0 spiro atoms. The first-order valence-corrected chi connectivity index (χ1v) is 6.16. The van der Waals surface area contributed by atoms with E-state index in [-0.39, 0.29) is 21.3 Å². The number of anilines is 1. The average Bonchev–Trinajstić information content (AvgIpc) is 2.71. The van der Waals surface area contributed by atoms with Crippen molar-refractivity contribution in [3.63, 3.8) is 0 Å². The van der Waals surface area contributed by atoms with Gasteiger partial charge in [0, 0.05) is 16.0 Å². The first kappa shape index (κ1) is 13.3. The molecule has 0 saturated heterocycles. The number of nitrogens with zero attached hydrogens (tertiary/aromatic N) is 1. The molecule has 1 aromatic carbocycles. The average molecular weight is 299 g/mol. The van der Waals surface area contributed by atoms with Crippen LogP contribution >= 0.6 is 22.9 Å². The number of carbonyl (C=O) groups is 1. The van der Waals surface area contributed by atoms with Gasteiger partial charge in [0.25, 0.3) is 5.69 Å². The highest BCUT2D eigenvalue weighted by molar-refractivity contribution is 7.18. The summed E-state index contributed by atoms with van der Waals surface area (Å²) in [7, 11) is 0. The summed E-state index contributed by atoms with van der Waals surface area (Å²) in [6, 6.07) is 5.59. The molecule has 2 aromatic rings. The predicted octanol–water partition coefficient (Wildman–Crippen LogP) is 3.26. The van der Waals surface area contributed by atoms with Crippen LogP contribution in [0.4, 0.5) is 11.4 Å². The maximum absolute atomic E-state index is 11.0. The van der Waals surface area contributed by atoms with Gasteiger partial charge in [-0.15, -0.1) is 11.3 Å². The highest BCUT2D eigenvalue weighted by Gasteiger charge is 2.20. The molecular formula is C11H7ClN2O4S. The summed E-state index contributed by atoms with van der Waals surface area (Å²) >= 11 is 6.60. The second kappa shape index (κ2) is 4.87. The van der Waals surface area contributed by atoms with Gasteiger partial charge in [-0.2, -0.15) is 0 Å². The van der Waals surface area contributed by atoms with Crippen LogP contribution in [0.2, 0.25) is 5.02 Å². The number of carboxylic acid groups (broad SMARTS) is 1. The highest BCUT2D eigenvalue weighted by atomic mass is 35.5. The SMILES string of the molecule is Nc1cc(-c2ccc(Cl)cc2[N+](=O)[O-])sc1C(=O)O. The lowest BCUT2D eigenvalue weighted by Crippen LogP contribution is -1.96. The number of nitro benzene ring substituents is 1. The third-order valence-electron chi connectivity index (χ3n) is 2.38. The van der Waals surface area contributed by atoms with Crippen LogP contribution in [0, 0.1) is 10.1 Å². The Morgan fingerprint density at radius 3 is 2.63 bits per heavy atom. The van der Waals surface area contributed by atoms with E-state index < -0.39 is 10.9 Å². The van der Waals surface area contributed by atoms with Crippen molar-refractivity contribution in [3.05, 3.63) is 44.3 Å². The Kier molecular flexibility index (Phi) is 3.41. The Bertz CT molecular complexity index is 683. The van der Waals surface area contributed by atoms with E-state index in [1.54, 1.807) is 0 Å². The number of nitro groups is 1. The number of hydrogen-bond acceptors (Lipinski definition) is 5. The standard InChI is InChI=1S/C11H7ClN2O4S/c12-5-1-2-6(8(3-5)14(17)18)9-4-7(13)10(19-9)11(15)16/h1-4H,13H2,(H,15,16). The molecule has 0 atom stereocenters. The Labute approximate surface area is 116 Å². The number of hydrogen-bond donors (Lipinski definition) is 2. The summed E-state index contributed by atoms with van der Waals surface area (Å²) in [5.74, 6) is -1.16. The van der Waals surface area contributed by atoms with Gasteiger partial charge in [0.1, 0.15) is 4.88 Å². The largest absolute Gasteiger partial charge is 0.477 e. The number of halogens is 1. The predicted molar refractivity (Wildman–Crippen MR) is 72.8 cm³/mol. The minimum atomic E-state index is -1.16. The zero-order valence-corrected chi connectivity index (χ0v) is 10.9. The molecule has 0 amide bonds. The third kappa shape index (κ3) is 2.51. The molecule has 0 aliphatic heterocycles. The van der Waals surface area contributed by atoms with E-state index in [0.29, 0.717) is 10.4 Å². The fourth-order valence-corrected chi connectivity index (χ4v) is 2.69. The number of thiophene rings is 1. The van der Waals surface area contributed by atoms with Gasteiger partial charge >= 0.3 is 5.97 Å². The molecule has 1 aromatic heterocycles. The fraction of sp³-hybridized carbons (Fsp3) is 0. The van der Waals surface area contributed by atoms with Gasteiger partial charge in [-0.1, -0.05) is 11.6 Å². The zero-order valence-electron chi connectivity index (χ0n) is 9.29. The van der Waals surface area contributed by atoms with Crippen molar-refractivity contribution in [2.24, 2.45) is 0 Å². The molecule has 98 valence electrons. The van der Waals surface area contributed by atoms with Crippen molar-refractivity contribution in [2.75, 3.05) is 5.73 Å². The Morgan fingerprint density at radius 1 is 1.42 bits per heavy atom. The quantitative estimate of drug-likeness (QED) is 0.668. The van der Waals surface area contributed by atoms with Crippen molar-refractivity contribution < 1.29 is 14.8 Å². The molecule has 0 saturated carbocycles. The van der Waals surface area contributed by atoms with E-state index in [0.717, 1.165) is 11.3 Å². The Hall–Kier alpha value is -2.12. The lowest BCUT2D eigenvalue weighted by atomic mass is 10.1. The molecule has 2 rings (SSSR count). The van der Waals surface area contributed by atoms with E-state index in [2.05, 4.69) is 0 Å². The number of carboxylic acids is 1. The van der Waals surface area contributed by atoms with Crippen LogP contribution in [0.5, 0.6) is 0 Å². The molecular weight excluding hydrogens is 292 g/mol. The van der Waals surface area contributed by atoms with E-state index >= 15 is 0 Å². The summed E-state index contributed by atoms with van der Waals surface area (Å²) in [6.07, 6.45) is 0. The van der Waals surface area contributed by atoms with Crippen LogP contribution in [0.1, 0.15) is 9.67 Å². The van der Waals surface area contributed by atoms with Gasteiger partial charge in [0.05, 0.1) is 16.2 Å². The topological polar surface area (TPSA) is 106 Å². The van der Waals surface area contributed by atoms with Crippen molar-refractivity contribution in [1.29, 1.82) is 0 Å². The maximum atomic E-state index is 11.0. The molecule has 1 heterocycles. The van der Waals surface area contributed by atoms with Crippen molar-refractivity contribution in [3.8, 4) is 10.4 Å². The van der Waals surface area contributed by atoms with Crippen molar-refractivity contribution >= 4 is 40.3 Å². The fourth-order valence-electron chi connectivity index (χ4n) is 1.57. The van der Waals surface area contributed by atoms with Gasteiger partial charge in [0.2, 0.25) is 0 Å². The first-order chi connectivity index (χ1) is 8.90. The second-order valence-corrected chi connectivity index (χ2v) is 5.11. The summed E-state index contributed by atoms with van der Waals surface area (Å²) in [6.45, 7) is 0. The molecule has 0 radical (unpaired) electrons. The van der Waals surface area contributed by atoms with Crippen molar-refractivity contribution in [2.45, 2.75) is 0 Å². The second-order valence-electron chi connectivity index (χ2n) is 3.62. The summed E-state index contributed by atoms with van der Waals surface area (Å²) in [4.78, 5) is 21.7. The summed E-state index contributed by atoms with van der Waals surface area (Å²) < 4.78 is 0. The molecule has 0 aliphatic carbocycles. The van der Waals surface area contributed by atoms with Crippen LogP contribution in [-0.2, 0) is 0 Å². The number of rotatable bonds is 3. The van der Waals surface area contributed by atoms with Crippen LogP contribution in [0.15, 0.2) is 24.3 Å². The lowest BCUT2D eigenvalue weighted by Gasteiger charge is -2.00. The van der Waals surface area contributed by atoms with Gasteiger partial charge in [-0.3, -0.25) is 10.1 Å². The van der Waals surface area contributed by atoms with Crippen LogP contribution in [0.25, 0.3) is 10.4 Å². The monoisotopic (exact) mass is 298 g/mol. The van der Waals surface area contributed by atoms with Gasteiger partial charge in [-0.05, 0) is 18.2 Å². The molecule has 0 bridgehead atoms. The summed E-state index contributed by atoms with van der Waals surface area (Å²) in [5, 5.41) is 20.1. The lowest BCUT2D eigenvalue weighted by molar-refractivity contribution is -0.384. The Balaban J connectivity index is 2.62. The number of benzene rings is 1. The smallest absolute Gasteiger partial charge is 0.348 e. The third-order valence-corrected chi connectivity index (χ3v) is 3.78.